The van der Waals surface area contributed by atoms with Crippen LogP contribution < -0.4 is 10.5 Å². The first-order valence-corrected chi connectivity index (χ1v) is 9.53. The number of aromatic amines is 1. The zero-order valence-electron chi connectivity index (χ0n) is 15.7. The fourth-order valence-electron chi connectivity index (χ4n) is 3.52. The lowest BCUT2D eigenvalue weighted by atomic mass is 9.99. The Morgan fingerprint density at radius 1 is 1.17 bits per heavy atom. The minimum atomic E-state index is -0.136. The second kappa shape index (κ2) is 7.44. The Morgan fingerprint density at radius 2 is 2.14 bits per heavy atom. The second-order valence-corrected chi connectivity index (χ2v) is 7.14. The van der Waals surface area contributed by atoms with Crippen molar-refractivity contribution in [2.45, 2.75) is 18.9 Å². The highest BCUT2D eigenvalue weighted by atomic mass is 16.5. The first kappa shape index (κ1) is 17.5. The van der Waals surface area contributed by atoms with Gasteiger partial charge in [0.05, 0.1) is 35.5 Å². The fourth-order valence-corrected chi connectivity index (χ4v) is 3.52. The Kier molecular flexibility index (Phi) is 4.50. The molecule has 3 aromatic rings. The van der Waals surface area contributed by atoms with Crippen molar-refractivity contribution in [1.29, 1.82) is 0 Å². The maximum atomic E-state index is 6.32. The van der Waals surface area contributed by atoms with Gasteiger partial charge in [0.1, 0.15) is 12.4 Å². The number of H-pyrrole nitrogens is 1. The molecule has 1 atom stereocenters. The lowest BCUT2D eigenvalue weighted by molar-refractivity contribution is 0.287. The molecule has 1 aliphatic heterocycles. The minimum absolute atomic E-state index is 0.136. The normalized spacial score (nSPS) is 16.2. The van der Waals surface area contributed by atoms with E-state index in [9.17, 15) is 0 Å². The smallest absolute Gasteiger partial charge is 0.138 e. The van der Waals surface area contributed by atoms with Gasteiger partial charge in [0.2, 0.25) is 0 Å². The number of rotatable bonds is 6. The molecule has 0 unspecified atom stereocenters. The Hall–Kier alpha value is -3.58. The quantitative estimate of drug-likeness (QED) is 0.679. The van der Waals surface area contributed by atoms with Crippen LogP contribution in [0.3, 0.4) is 0 Å². The van der Waals surface area contributed by atoms with E-state index in [-0.39, 0.29) is 6.04 Å². The highest BCUT2D eigenvalue weighted by molar-refractivity contribution is 5.88. The average Bonchev–Trinajstić information content (AvgIpc) is 3.39. The number of hydrogen-bond acceptors (Lipinski definition) is 6. The Bertz CT molecular complexity index is 1190. The third kappa shape index (κ3) is 3.60. The number of pyridine rings is 2. The predicted octanol–water partition coefficient (Wildman–Crippen LogP) is 3.34. The van der Waals surface area contributed by atoms with E-state index in [4.69, 9.17) is 10.5 Å². The molecule has 3 aromatic heterocycles. The van der Waals surface area contributed by atoms with Gasteiger partial charge in [-0.25, -0.2) is 0 Å². The van der Waals surface area contributed by atoms with E-state index in [0.717, 1.165) is 39.9 Å². The zero-order chi connectivity index (χ0) is 19.6. The van der Waals surface area contributed by atoms with E-state index in [2.05, 4.69) is 43.4 Å². The van der Waals surface area contributed by atoms with E-state index in [0.29, 0.717) is 18.8 Å². The SMILES string of the molecule is N[C@H](COc1cncc(-c2cc3cn[nH]c3cn2)c1)CC1=C2C=CCC=C2N=C1. The average molecular weight is 384 g/mol. The molecule has 5 rings (SSSR count). The fraction of sp³-hybridized carbons (Fsp3) is 0.182. The molecule has 2 aliphatic rings. The summed E-state index contributed by atoms with van der Waals surface area (Å²) in [5.41, 5.74) is 12.3. The zero-order valence-corrected chi connectivity index (χ0v) is 15.7. The molecular weight excluding hydrogens is 364 g/mol. The van der Waals surface area contributed by atoms with Gasteiger partial charge in [-0.1, -0.05) is 18.2 Å². The van der Waals surface area contributed by atoms with Crippen molar-refractivity contribution in [3.8, 4) is 17.0 Å². The van der Waals surface area contributed by atoms with E-state index in [1.807, 2.05) is 18.3 Å². The van der Waals surface area contributed by atoms with Crippen molar-refractivity contribution >= 4 is 17.1 Å². The Balaban J connectivity index is 1.26. The number of ether oxygens (including phenoxy) is 1. The molecule has 7 nitrogen and oxygen atoms in total. The van der Waals surface area contributed by atoms with E-state index >= 15 is 0 Å². The third-order valence-corrected chi connectivity index (χ3v) is 4.99. The summed E-state index contributed by atoms with van der Waals surface area (Å²) in [6.45, 7) is 0.396. The molecule has 7 heteroatoms. The van der Waals surface area contributed by atoms with Crippen LogP contribution in [-0.4, -0.2) is 39.0 Å². The molecule has 0 amide bonds. The van der Waals surface area contributed by atoms with Gasteiger partial charge in [-0.15, -0.1) is 0 Å². The van der Waals surface area contributed by atoms with Gasteiger partial charge < -0.3 is 10.5 Å². The summed E-state index contributed by atoms with van der Waals surface area (Å²) in [6.07, 6.45) is 17.0. The first-order chi connectivity index (χ1) is 14.3. The van der Waals surface area contributed by atoms with Crippen LogP contribution in [0.5, 0.6) is 5.75 Å². The summed E-state index contributed by atoms with van der Waals surface area (Å²) < 4.78 is 5.92. The standard InChI is InChI=1S/C22H20N6O/c23-17(5-14-9-25-20-4-2-1-3-19(14)20)13-29-18-6-15(8-24-11-18)21-7-16-10-27-28-22(16)12-26-21/h1,3-4,6-12,17H,2,5,13,23H2,(H,27,28)/t17-/m0/s1. The number of nitrogens with two attached hydrogens (primary N) is 1. The Labute approximate surface area is 167 Å². The van der Waals surface area contributed by atoms with Crippen molar-refractivity contribution in [3.63, 3.8) is 0 Å². The molecule has 1 aliphatic carbocycles. The first-order valence-electron chi connectivity index (χ1n) is 9.53. The molecule has 29 heavy (non-hydrogen) atoms. The molecule has 0 aromatic carbocycles. The van der Waals surface area contributed by atoms with Crippen LogP contribution in [0.2, 0.25) is 0 Å². The van der Waals surface area contributed by atoms with Gasteiger partial charge in [0.25, 0.3) is 0 Å². The van der Waals surface area contributed by atoms with Gasteiger partial charge in [-0.05, 0) is 30.5 Å². The summed E-state index contributed by atoms with van der Waals surface area (Å²) in [5.74, 6) is 0.669. The topological polar surface area (TPSA) is 102 Å². The Morgan fingerprint density at radius 3 is 3.10 bits per heavy atom. The maximum absolute atomic E-state index is 6.32. The van der Waals surface area contributed by atoms with Crippen molar-refractivity contribution < 1.29 is 4.74 Å². The van der Waals surface area contributed by atoms with Crippen LogP contribution in [0.15, 0.2) is 77.0 Å². The van der Waals surface area contributed by atoms with Gasteiger partial charge in [-0.2, -0.15) is 5.10 Å². The highest BCUT2D eigenvalue weighted by Gasteiger charge is 2.18. The lowest BCUT2D eigenvalue weighted by Gasteiger charge is -2.14. The number of nitrogens with zero attached hydrogens (tertiary/aromatic N) is 4. The maximum Gasteiger partial charge on any atom is 0.138 e. The van der Waals surface area contributed by atoms with Crippen LogP contribution in [-0.2, 0) is 0 Å². The number of aromatic nitrogens is 4. The van der Waals surface area contributed by atoms with Gasteiger partial charge in [-0.3, -0.25) is 20.1 Å². The summed E-state index contributed by atoms with van der Waals surface area (Å²) in [7, 11) is 0. The number of aliphatic imine (C=N–C) groups is 1. The van der Waals surface area contributed by atoms with E-state index < -0.39 is 0 Å². The summed E-state index contributed by atoms with van der Waals surface area (Å²) in [5, 5.41) is 7.93. The lowest BCUT2D eigenvalue weighted by Crippen LogP contribution is -2.28. The highest BCUT2D eigenvalue weighted by Crippen LogP contribution is 2.29. The number of fused-ring (bicyclic) bond motifs is 2. The van der Waals surface area contributed by atoms with Crippen molar-refractivity contribution in [2.75, 3.05) is 6.61 Å². The van der Waals surface area contributed by atoms with Crippen LogP contribution in [0.1, 0.15) is 12.8 Å². The van der Waals surface area contributed by atoms with Crippen molar-refractivity contribution in [3.05, 3.63) is 72.0 Å². The molecular formula is C22H20N6O. The molecule has 144 valence electrons. The van der Waals surface area contributed by atoms with Crippen molar-refractivity contribution in [2.24, 2.45) is 10.7 Å². The molecule has 0 radical (unpaired) electrons. The van der Waals surface area contributed by atoms with Crippen LogP contribution in [0.4, 0.5) is 0 Å². The number of allylic oxidation sites excluding steroid dienone is 3. The van der Waals surface area contributed by atoms with E-state index in [1.54, 1.807) is 24.8 Å². The molecule has 0 fully saturated rings. The minimum Gasteiger partial charge on any atom is -0.490 e. The van der Waals surface area contributed by atoms with Gasteiger partial charge in [0.15, 0.2) is 0 Å². The molecule has 0 spiro atoms. The van der Waals surface area contributed by atoms with Crippen LogP contribution in [0.25, 0.3) is 22.2 Å². The predicted molar refractivity (Wildman–Crippen MR) is 113 cm³/mol. The largest absolute Gasteiger partial charge is 0.490 e. The monoisotopic (exact) mass is 384 g/mol. The van der Waals surface area contributed by atoms with Crippen LogP contribution >= 0.6 is 0 Å². The molecule has 4 heterocycles. The van der Waals surface area contributed by atoms with Gasteiger partial charge >= 0.3 is 0 Å². The summed E-state index contributed by atoms with van der Waals surface area (Å²) in [4.78, 5) is 13.2. The molecule has 0 saturated heterocycles. The molecule has 3 N–H and O–H groups in total. The van der Waals surface area contributed by atoms with Gasteiger partial charge in [0, 0.05) is 35.0 Å². The van der Waals surface area contributed by atoms with Crippen LogP contribution in [0, 0.1) is 0 Å². The second-order valence-electron chi connectivity index (χ2n) is 7.14. The number of nitrogens with one attached hydrogen (secondary N) is 1. The van der Waals surface area contributed by atoms with E-state index in [1.165, 1.54) is 5.57 Å². The third-order valence-electron chi connectivity index (χ3n) is 4.99. The summed E-state index contributed by atoms with van der Waals surface area (Å²) in [6, 6.07) is 3.77. The van der Waals surface area contributed by atoms with Crippen molar-refractivity contribution in [1.82, 2.24) is 20.2 Å². The molecule has 0 bridgehead atoms. The molecule has 0 saturated carbocycles. The number of hydrogen-bond donors (Lipinski definition) is 2. The summed E-state index contributed by atoms with van der Waals surface area (Å²) >= 11 is 0.